The van der Waals surface area contributed by atoms with Gasteiger partial charge in [0.1, 0.15) is 0 Å². The summed E-state index contributed by atoms with van der Waals surface area (Å²) in [6.07, 6.45) is 1.63. The molecule has 0 spiro atoms. The van der Waals surface area contributed by atoms with E-state index in [1.807, 2.05) is 0 Å². The van der Waals surface area contributed by atoms with Crippen LogP contribution in [0.1, 0.15) is 24.8 Å². The van der Waals surface area contributed by atoms with Gasteiger partial charge in [0.25, 0.3) is 0 Å². The number of aliphatic hydroxyl groups excluding tert-OH is 1. The molecule has 0 saturated heterocycles. The van der Waals surface area contributed by atoms with Crippen LogP contribution in [0.2, 0.25) is 0 Å². The molecule has 6 heteroatoms. The highest BCUT2D eigenvalue weighted by Crippen LogP contribution is 2.24. The first kappa shape index (κ1) is 14.0. The molecule has 2 atom stereocenters. The SMILES string of the molecule is Cc1cc(Br)ccc1S(=O)(=O)N[C@@H]1CCC[C@H]1O. The van der Waals surface area contributed by atoms with Crippen molar-refractivity contribution in [2.24, 2.45) is 0 Å². The molecule has 4 nitrogen and oxygen atoms in total. The first-order valence-electron chi connectivity index (χ1n) is 5.87. The van der Waals surface area contributed by atoms with Crippen molar-refractivity contribution in [3.8, 4) is 0 Å². The summed E-state index contributed by atoms with van der Waals surface area (Å²) in [5, 5.41) is 9.68. The van der Waals surface area contributed by atoms with Gasteiger partial charge in [0.2, 0.25) is 10.0 Å². The Morgan fingerprint density at radius 1 is 1.39 bits per heavy atom. The molecule has 0 aromatic heterocycles. The van der Waals surface area contributed by atoms with Crippen molar-refractivity contribution in [1.82, 2.24) is 4.72 Å². The quantitative estimate of drug-likeness (QED) is 0.888. The first-order valence-corrected chi connectivity index (χ1v) is 8.14. The Bertz CT molecular complexity index is 544. The van der Waals surface area contributed by atoms with Crippen molar-refractivity contribution < 1.29 is 13.5 Å². The van der Waals surface area contributed by atoms with Crippen molar-refractivity contribution >= 4 is 26.0 Å². The summed E-state index contributed by atoms with van der Waals surface area (Å²) in [5.41, 5.74) is 0.685. The number of aryl methyl sites for hydroxylation is 1. The molecule has 1 aromatic carbocycles. The van der Waals surface area contributed by atoms with Crippen molar-refractivity contribution in [1.29, 1.82) is 0 Å². The predicted octanol–water partition coefficient (Wildman–Crippen LogP) is 1.95. The molecule has 100 valence electrons. The topological polar surface area (TPSA) is 66.4 Å². The monoisotopic (exact) mass is 333 g/mol. The second-order valence-corrected chi connectivity index (χ2v) is 7.23. The van der Waals surface area contributed by atoms with Crippen molar-refractivity contribution in [2.45, 2.75) is 43.2 Å². The minimum atomic E-state index is -3.55. The average Bonchev–Trinajstić information content (AvgIpc) is 2.63. The molecule has 1 aromatic rings. The van der Waals surface area contributed by atoms with E-state index in [4.69, 9.17) is 0 Å². The molecule has 0 bridgehead atoms. The molecule has 0 unspecified atom stereocenters. The van der Waals surface area contributed by atoms with Gasteiger partial charge in [-0.1, -0.05) is 15.9 Å². The van der Waals surface area contributed by atoms with Crippen LogP contribution in [0.3, 0.4) is 0 Å². The van der Waals surface area contributed by atoms with Gasteiger partial charge in [0.15, 0.2) is 0 Å². The third-order valence-electron chi connectivity index (χ3n) is 3.21. The van der Waals surface area contributed by atoms with Crippen molar-refractivity contribution in [3.05, 3.63) is 28.2 Å². The number of halogens is 1. The lowest BCUT2D eigenvalue weighted by Gasteiger charge is -2.17. The van der Waals surface area contributed by atoms with Crippen LogP contribution in [0.15, 0.2) is 27.6 Å². The zero-order chi connectivity index (χ0) is 13.3. The molecule has 2 N–H and O–H groups in total. The Hall–Kier alpha value is -0.430. The summed E-state index contributed by atoms with van der Waals surface area (Å²) in [6, 6.07) is 4.67. The Morgan fingerprint density at radius 3 is 2.67 bits per heavy atom. The van der Waals surface area contributed by atoms with Crippen LogP contribution in [0.5, 0.6) is 0 Å². The maximum atomic E-state index is 12.2. The van der Waals surface area contributed by atoms with Crippen LogP contribution in [0.4, 0.5) is 0 Å². The van der Waals surface area contributed by atoms with Crippen LogP contribution < -0.4 is 4.72 Å². The fourth-order valence-corrected chi connectivity index (χ4v) is 4.26. The van der Waals surface area contributed by atoms with Gasteiger partial charge >= 0.3 is 0 Å². The number of benzene rings is 1. The van der Waals surface area contributed by atoms with Gasteiger partial charge in [0.05, 0.1) is 11.0 Å². The largest absolute Gasteiger partial charge is 0.391 e. The summed E-state index contributed by atoms with van der Waals surface area (Å²) < 4.78 is 27.9. The molecule has 2 rings (SSSR count). The van der Waals surface area contributed by atoms with Gasteiger partial charge in [-0.05, 0) is 49.9 Å². The minimum Gasteiger partial charge on any atom is -0.391 e. The Kier molecular flexibility index (Phi) is 4.11. The molecule has 1 saturated carbocycles. The van der Waals surface area contributed by atoms with E-state index in [-0.39, 0.29) is 10.9 Å². The summed E-state index contributed by atoms with van der Waals surface area (Å²) in [5.74, 6) is 0. The third-order valence-corrected chi connectivity index (χ3v) is 5.36. The molecule has 1 aliphatic rings. The van der Waals surface area contributed by atoms with Crippen molar-refractivity contribution in [2.75, 3.05) is 0 Å². The number of hydrogen-bond acceptors (Lipinski definition) is 3. The second-order valence-electron chi connectivity index (χ2n) is 4.64. The average molecular weight is 334 g/mol. The normalized spacial score (nSPS) is 24.4. The summed E-state index contributed by atoms with van der Waals surface area (Å²) in [7, 11) is -3.55. The highest BCUT2D eigenvalue weighted by molar-refractivity contribution is 9.10. The molecular weight excluding hydrogens is 318 g/mol. The number of hydrogen-bond donors (Lipinski definition) is 2. The van der Waals surface area contributed by atoms with E-state index in [0.717, 1.165) is 10.9 Å². The smallest absolute Gasteiger partial charge is 0.241 e. The molecule has 1 fully saturated rings. The lowest BCUT2D eigenvalue weighted by molar-refractivity contribution is 0.159. The number of sulfonamides is 1. The van der Waals surface area contributed by atoms with Gasteiger partial charge in [-0.25, -0.2) is 13.1 Å². The second kappa shape index (κ2) is 5.28. The zero-order valence-corrected chi connectivity index (χ0v) is 12.5. The summed E-state index contributed by atoms with van der Waals surface area (Å²) in [4.78, 5) is 0.268. The van der Waals surface area contributed by atoms with Crippen LogP contribution in [-0.4, -0.2) is 25.7 Å². The zero-order valence-electron chi connectivity index (χ0n) is 10.1. The van der Waals surface area contributed by atoms with E-state index >= 15 is 0 Å². The minimum absolute atomic E-state index is 0.268. The third kappa shape index (κ3) is 2.93. The molecule has 0 radical (unpaired) electrons. The van der Waals surface area contributed by atoms with E-state index < -0.39 is 16.1 Å². The van der Waals surface area contributed by atoms with Gasteiger partial charge in [-0.2, -0.15) is 0 Å². The Morgan fingerprint density at radius 2 is 2.11 bits per heavy atom. The Balaban J connectivity index is 2.25. The molecule has 0 heterocycles. The highest BCUT2D eigenvalue weighted by atomic mass is 79.9. The Labute approximate surface area is 116 Å². The lowest BCUT2D eigenvalue weighted by Crippen LogP contribution is -2.40. The molecular formula is C12H16BrNO3S. The van der Waals surface area contributed by atoms with E-state index in [1.165, 1.54) is 0 Å². The molecule has 0 aliphatic heterocycles. The molecule has 0 amide bonds. The van der Waals surface area contributed by atoms with E-state index in [2.05, 4.69) is 20.7 Å². The number of nitrogens with one attached hydrogen (secondary N) is 1. The van der Waals surface area contributed by atoms with E-state index in [1.54, 1.807) is 25.1 Å². The fourth-order valence-electron chi connectivity index (χ4n) is 2.26. The van der Waals surface area contributed by atoms with E-state index in [9.17, 15) is 13.5 Å². The first-order chi connectivity index (χ1) is 8.40. The maximum Gasteiger partial charge on any atom is 0.241 e. The number of aliphatic hydroxyl groups is 1. The van der Waals surface area contributed by atoms with Crippen LogP contribution >= 0.6 is 15.9 Å². The molecule has 1 aliphatic carbocycles. The van der Waals surface area contributed by atoms with Crippen molar-refractivity contribution in [3.63, 3.8) is 0 Å². The predicted molar refractivity (Wildman–Crippen MR) is 72.8 cm³/mol. The number of rotatable bonds is 3. The van der Waals surface area contributed by atoms with Gasteiger partial charge in [-0.15, -0.1) is 0 Å². The van der Waals surface area contributed by atoms with Gasteiger partial charge in [-0.3, -0.25) is 0 Å². The fraction of sp³-hybridized carbons (Fsp3) is 0.500. The maximum absolute atomic E-state index is 12.2. The van der Waals surface area contributed by atoms with Gasteiger partial charge in [0, 0.05) is 10.5 Å². The highest BCUT2D eigenvalue weighted by Gasteiger charge is 2.30. The molecule has 18 heavy (non-hydrogen) atoms. The van der Waals surface area contributed by atoms with E-state index in [0.29, 0.717) is 18.4 Å². The van der Waals surface area contributed by atoms with Crippen LogP contribution in [0.25, 0.3) is 0 Å². The summed E-state index contributed by atoms with van der Waals surface area (Å²) in [6.45, 7) is 1.75. The van der Waals surface area contributed by atoms with Crippen LogP contribution in [-0.2, 0) is 10.0 Å². The lowest BCUT2D eigenvalue weighted by atomic mass is 10.2. The van der Waals surface area contributed by atoms with Gasteiger partial charge < -0.3 is 5.11 Å². The van der Waals surface area contributed by atoms with Crippen LogP contribution in [0, 0.1) is 6.92 Å². The summed E-state index contributed by atoms with van der Waals surface area (Å²) >= 11 is 3.31. The standard InChI is InChI=1S/C12H16BrNO3S/c1-8-7-9(13)5-6-12(8)18(16,17)14-10-3-2-4-11(10)15/h5-7,10-11,14-15H,2-4H2,1H3/t10-,11-/m1/s1.